The van der Waals surface area contributed by atoms with Crippen LogP contribution in [0.2, 0.25) is 0 Å². The molecule has 0 amide bonds. The second-order valence-corrected chi connectivity index (χ2v) is 3.79. The van der Waals surface area contributed by atoms with E-state index in [1.807, 2.05) is 6.08 Å². The summed E-state index contributed by atoms with van der Waals surface area (Å²) in [7, 11) is 0. The van der Waals surface area contributed by atoms with Gasteiger partial charge in [-0.25, -0.2) is 0 Å². The zero-order chi connectivity index (χ0) is 8.81. The molecule has 2 unspecified atom stereocenters. The van der Waals surface area contributed by atoms with Crippen molar-refractivity contribution in [1.29, 1.82) is 0 Å². The third-order valence-corrected chi connectivity index (χ3v) is 2.75. The number of hydrogen-bond donors (Lipinski definition) is 1. The maximum absolute atomic E-state index is 9.70. The lowest BCUT2D eigenvalue weighted by Gasteiger charge is -2.22. The van der Waals surface area contributed by atoms with E-state index >= 15 is 0 Å². The summed E-state index contributed by atoms with van der Waals surface area (Å²) in [5.41, 5.74) is 1.54. The van der Waals surface area contributed by atoms with E-state index in [1.165, 1.54) is 24.8 Å². The lowest BCUT2D eigenvalue weighted by atomic mass is 9.89. The Bertz CT molecular complexity index is 145. The summed E-state index contributed by atoms with van der Waals surface area (Å²) in [5, 5.41) is 9.70. The molecule has 0 bridgehead atoms. The van der Waals surface area contributed by atoms with Gasteiger partial charge in [0.2, 0.25) is 0 Å². The molecule has 70 valence electrons. The Morgan fingerprint density at radius 2 is 1.75 bits per heavy atom. The van der Waals surface area contributed by atoms with Crippen molar-refractivity contribution in [3.63, 3.8) is 0 Å². The SMILES string of the molecule is OC1CCCCCCC1/C=C\Cl. The maximum atomic E-state index is 9.70. The van der Waals surface area contributed by atoms with Gasteiger partial charge in [-0.15, -0.1) is 0 Å². The van der Waals surface area contributed by atoms with Gasteiger partial charge in [0, 0.05) is 11.5 Å². The van der Waals surface area contributed by atoms with Gasteiger partial charge in [0.05, 0.1) is 6.10 Å². The first-order valence-corrected chi connectivity index (χ1v) is 5.23. The highest BCUT2D eigenvalue weighted by Gasteiger charge is 2.17. The van der Waals surface area contributed by atoms with E-state index in [2.05, 4.69) is 0 Å². The van der Waals surface area contributed by atoms with E-state index in [0.29, 0.717) is 5.92 Å². The first kappa shape index (κ1) is 10.1. The van der Waals surface area contributed by atoms with E-state index in [0.717, 1.165) is 19.3 Å². The van der Waals surface area contributed by atoms with Crippen LogP contribution in [0, 0.1) is 5.92 Å². The van der Waals surface area contributed by atoms with Crippen LogP contribution in [0.15, 0.2) is 11.6 Å². The van der Waals surface area contributed by atoms with Crippen molar-refractivity contribution in [3.8, 4) is 0 Å². The zero-order valence-electron chi connectivity index (χ0n) is 7.38. The minimum absolute atomic E-state index is 0.166. The number of aliphatic hydroxyl groups is 1. The summed E-state index contributed by atoms with van der Waals surface area (Å²) < 4.78 is 0. The molecule has 1 N–H and O–H groups in total. The summed E-state index contributed by atoms with van der Waals surface area (Å²) in [4.78, 5) is 0. The van der Waals surface area contributed by atoms with E-state index in [1.54, 1.807) is 0 Å². The summed E-state index contributed by atoms with van der Waals surface area (Å²) in [6.45, 7) is 0. The summed E-state index contributed by atoms with van der Waals surface area (Å²) in [6.07, 6.45) is 8.75. The molecule has 0 aliphatic heterocycles. The van der Waals surface area contributed by atoms with Crippen LogP contribution in [0.3, 0.4) is 0 Å². The molecule has 2 atom stereocenters. The fourth-order valence-corrected chi connectivity index (χ4v) is 2.00. The van der Waals surface area contributed by atoms with E-state index < -0.39 is 0 Å². The normalized spacial score (nSPS) is 33.2. The molecule has 0 aromatic heterocycles. The van der Waals surface area contributed by atoms with Gasteiger partial charge >= 0.3 is 0 Å². The fraction of sp³-hybridized carbons (Fsp3) is 0.800. The number of rotatable bonds is 1. The van der Waals surface area contributed by atoms with Crippen LogP contribution in [0.25, 0.3) is 0 Å². The molecule has 1 rings (SSSR count). The predicted molar refractivity (Wildman–Crippen MR) is 52.2 cm³/mol. The fourth-order valence-electron chi connectivity index (χ4n) is 1.81. The maximum Gasteiger partial charge on any atom is 0.0603 e. The zero-order valence-corrected chi connectivity index (χ0v) is 8.13. The first-order valence-electron chi connectivity index (χ1n) is 4.79. The molecule has 12 heavy (non-hydrogen) atoms. The van der Waals surface area contributed by atoms with Gasteiger partial charge in [-0.1, -0.05) is 43.4 Å². The van der Waals surface area contributed by atoms with Crippen LogP contribution in [0.5, 0.6) is 0 Å². The average Bonchev–Trinajstić information content (AvgIpc) is 2.05. The molecule has 0 heterocycles. The molecule has 1 nitrogen and oxygen atoms in total. The highest BCUT2D eigenvalue weighted by Crippen LogP contribution is 2.23. The monoisotopic (exact) mass is 188 g/mol. The minimum atomic E-state index is -0.166. The molecule has 2 heteroatoms. The quantitative estimate of drug-likeness (QED) is 0.671. The molecule has 1 fully saturated rings. The molecule has 0 saturated heterocycles. The third-order valence-electron chi connectivity index (χ3n) is 2.60. The van der Waals surface area contributed by atoms with Gasteiger partial charge in [0.1, 0.15) is 0 Å². The molecular weight excluding hydrogens is 172 g/mol. The van der Waals surface area contributed by atoms with Crippen molar-refractivity contribution < 1.29 is 5.11 Å². The third kappa shape index (κ3) is 3.16. The second kappa shape index (κ2) is 5.60. The molecule has 0 aromatic carbocycles. The Labute approximate surface area is 79.4 Å². The van der Waals surface area contributed by atoms with Gasteiger partial charge < -0.3 is 5.11 Å². The lowest BCUT2D eigenvalue weighted by molar-refractivity contribution is 0.106. The predicted octanol–water partition coefficient (Wildman–Crippen LogP) is 3.07. The van der Waals surface area contributed by atoms with Gasteiger partial charge in [0.15, 0.2) is 0 Å². The Kier molecular flexibility index (Phi) is 4.70. The van der Waals surface area contributed by atoms with Crippen LogP contribution in [0.1, 0.15) is 38.5 Å². The van der Waals surface area contributed by atoms with E-state index in [4.69, 9.17) is 11.6 Å². The standard InChI is InChI=1S/C10H17ClO/c11-8-7-9-5-3-1-2-4-6-10(9)12/h7-10,12H,1-6H2/b8-7-. The molecule has 0 radical (unpaired) electrons. The lowest BCUT2D eigenvalue weighted by Crippen LogP contribution is -2.19. The van der Waals surface area contributed by atoms with Crippen LogP contribution in [-0.2, 0) is 0 Å². The first-order chi connectivity index (χ1) is 5.84. The highest BCUT2D eigenvalue weighted by molar-refractivity contribution is 6.25. The Morgan fingerprint density at radius 3 is 2.42 bits per heavy atom. The molecule has 0 spiro atoms. The summed E-state index contributed by atoms with van der Waals surface area (Å²) in [6, 6.07) is 0. The minimum Gasteiger partial charge on any atom is -0.393 e. The van der Waals surface area contributed by atoms with Crippen molar-refractivity contribution in [2.45, 2.75) is 44.6 Å². The van der Waals surface area contributed by atoms with Crippen molar-refractivity contribution in [2.75, 3.05) is 0 Å². The number of aliphatic hydroxyl groups excluding tert-OH is 1. The van der Waals surface area contributed by atoms with Gasteiger partial charge in [-0.3, -0.25) is 0 Å². The van der Waals surface area contributed by atoms with Crippen molar-refractivity contribution in [1.82, 2.24) is 0 Å². The molecular formula is C10H17ClO. The Hall–Kier alpha value is -0.0100. The summed E-state index contributed by atoms with van der Waals surface area (Å²) in [5.74, 6) is 0.294. The van der Waals surface area contributed by atoms with E-state index in [9.17, 15) is 5.11 Å². The topological polar surface area (TPSA) is 20.2 Å². The highest BCUT2D eigenvalue weighted by atomic mass is 35.5. The molecule has 1 aliphatic rings. The average molecular weight is 189 g/mol. The van der Waals surface area contributed by atoms with Gasteiger partial charge in [-0.2, -0.15) is 0 Å². The van der Waals surface area contributed by atoms with Crippen molar-refractivity contribution in [3.05, 3.63) is 11.6 Å². The number of hydrogen-bond acceptors (Lipinski definition) is 1. The largest absolute Gasteiger partial charge is 0.393 e. The second-order valence-electron chi connectivity index (χ2n) is 3.54. The molecule has 1 aliphatic carbocycles. The van der Waals surface area contributed by atoms with Crippen molar-refractivity contribution >= 4 is 11.6 Å². The van der Waals surface area contributed by atoms with Crippen LogP contribution in [0.4, 0.5) is 0 Å². The Balaban J connectivity index is 2.42. The smallest absolute Gasteiger partial charge is 0.0603 e. The van der Waals surface area contributed by atoms with E-state index in [-0.39, 0.29) is 6.10 Å². The number of halogens is 1. The molecule has 1 saturated carbocycles. The van der Waals surface area contributed by atoms with Gasteiger partial charge in [0.25, 0.3) is 0 Å². The van der Waals surface area contributed by atoms with Crippen LogP contribution >= 0.6 is 11.6 Å². The Morgan fingerprint density at radius 1 is 1.08 bits per heavy atom. The van der Waals surface area contributed by atoms with Gasteiger partial charge in [-0.05, 0) is 12.8 Å². The van der Waals surface area contributed by atoms with Crippen LogP contribution < -0.4 is 0 Å². The summed E-state index contributed by atoms with van der Waals surface area (Å²) >= 11 is 5.50. The van der Waals surface area contributed by atoms with Crippen LogP contribution in [-0.4, -0.2) is 11.2 Å². The molecule has 0 aromatic rings. The van der Waals surface area contributed by atoms with Crippen molar-refractivity contribution in [2.24, 2.45) is 5.92 Å².